The van der Waals surface area contributed by atoms with Crippen LogP contribution in [0, 0.1) is 0 Å². The molecule has 4 heterocycles. The number of hydrogen-bond acceptors (Lipinski definition) is 8. The Bertz CT molecular complexity index is 1730. The fraction of sp³-hybridized carbons (Fsp3) is 0.314. The molecule has 1 fully saturated rings. The number of amides is 1. The lowest BCUT2D eigenvalue weighted by molar-refractivity contribution is -0.137. The van der Waals surface area contributed by atoms with Crippen molar-refractivity contribution >= 4 is 17.3 Å². The van der Waals surface area contributed by atoms with Crippen LogP contribution in [0.15, 0.2) is 79.0 Å². The van der Waals surface area contributed by atoms with Crippen molar-refractivity contribution in [1.29, 1.82) is 0 Å². The van der Waals surface area contributed by atoms with Crippen molar-refractivity contribution in [2.75, 3.05) is 56.3 Å². The molecule has 1 amide bonds. The zero-order valence-corrected chi connectivity index (χ0v) is 25.6. The second kappa shape index (κ2) is 13.0. The number of rotatable bonds is 9. The molecule has 0 saturated carbocycles. The molecule has 9 nitrogen and oxygen atoms in total. The monoisotopic (exact) mass is 645 g/mol. The third kappa shape index (κ3) is 7.07. The minimum Gasteiger partial charge on any atom is -0.454 e. The summed E-state index contributed by atoms with van der Waals surface area (Å²) in [5.74, 6) is 2.83. The molecule has 12 heteroatoms. The van der Waals surface area contributed by atoms with Crippen LogP contribution in [0.5, 0.6) is 23.1 Å². The number of nitrogens with zero attached hydrogens (tertiary/aromatic N) is 4. The van der Waals surface area contributed by atoms with Gasteiger partial charge in [0.1, 0.15) is 5.75 Å². The van der Waals surface area contributed by atoms with Gasteiger partial charge in [0.2, 0.25) is 18.6 Å². The molecule has 47 heavy (non-hydrogen) atoms. The van der Waals surface area contributed by atoms with Crippen molar-refractivity contribution < 1.29 is 32.2 Å². The second-order valence-corrected chi connectivity index (χ2v) is 11.8. The van der Waals surface area contributed by atoms with Gasteiger partial charge in [-0.3, -0.25) is 9.69 Å². The number of carbonyl (C=O) groups is 1. The van der Waals surface area contributed by atoms with Gasteiger partial charge in [-0.2, -0.15) is 13.2 Å². The molecule has 1 saturated heterocycles. The maximum absolute atomic E-state index is 13.3. The molecule has 0 unspecified atom stereocenters. The highest BCUT2D eigenvalue weighted by Gasteiger charge is 2.30. The number of carbonyl (C=O) groups excluding carboxylic acids is 1. The van der Waals surface area contributed by atoms with Crippen LogP contribution < -0.4 is 24.4 Å². The van der Waals surface area contributed by atoms with Crippen LogP contribution in [0.2, 0.25) is 0 Å². The number of anilines is 2. The van der Waals surface area contributed by atoms with Gasteiger partial charge in [-0.1, -0.05) is 18.2 Å². The number of nitrogens with one attached hydrogen (secondary N) is 1. The Morgan fingerprint density at radius 1 is 0.894 bits per heavy atom. The molecule has 3 aromatic carbocycles. The molecule has 0 aliphatic carbocycles. The number of hydrogen-bond donors (Lipinski definition) is 1. The lowest BCUT2D eigenvalue weighted by Crippen LogP contribution is -2.50. The summed E-state index contributed by atoms with van der Waals surface area (Å²) in [5, 5.41) is 3.11. The molecule has 4 aromatic rings. The first-order valence-electron chi connectivity index (χ1n) is 15.6. The van der Waals surface area contributed by atoms with Gasteiger partial charge >= 0.3 is 6.18 Å². The predicted molar refractivity (Wildman–Crippen MR) is 170 cm³/mol. The lowest BCUT2D eigenvalue weighted by Gasteiger charge is -2.35. The van der Waals surface area contributed by atoms with Gasteiger partial charge in [0.15, 0.2) is 11.5 Å². The third-order valence-corrected chi connectivity index (χ3v) is 8.70. The van der Waals surface area contributed by atoms with Crippen LogP contribution in [-0.2, 0) is 30.5 Å². The van der Waals surface area contributed by atoms with E-state index in [1.54, 1.807) is 12.3 Å². The molecule has 3 aliphatic rings. The smallest absolute Gasteiger partial charge is 0.416 e. The zero-order valence-electron chi connectivity index (χ0n) is 25.6. The van der Waals surface area contributed by atoms with E-state index < -0.39 is 11.7 Å². The fourth-order valence-corrected chi connectivity index (χ4v) is 6.11. The summed E-state index contributed by atoms with van der Waals surface area (Å²) in [6.45, 7) is 5.52. The molecule has 3 aliphatic heterocycles. The summed E-state index contributed by atoms with van der Waals surface area (Å²) in [6, 6.07) is 20.5. The van der Waals surface area contributed by atoms with Crippen LogP contribution in [-0.4, -0.2) is 66.8 Å². The van der Waals surface area contributed by atoms with Crippen molar-refractivity contribution in [2.45, 2.75) is 25.7 Å². The number of halogens is 3. The van der Waals surface area contributed by atoms with Crippen molar-refractivity contribution in [3.63, 3.8) is 0 Å². The summed E-state index contributed by atoms with van der Waals surface area (Å²) in [6.07, 6.45) is -1.92. The average Bonchev–Trinajstić information content (AvgIpc) is 3.72. The van der Waals surface area contributed by atoms with Crippen molar-refractivity contribution in [1.82, 2.24) is 14.8 Å². The summed E-state index contributed by atoms with van der Waals surface area (Å²) >= 11 is 0. The number of piperazine rings is 1. The minimum absolute atomic E-state index is 0.120. The Morgan fingerprint density at radius 3 is 2.45 bits per heavy atom. The van der Waals surface area contributed by atoms with Gasteiger partial charge in [-0.05, 0) is 66.1 Å². The SMILES string of the molecule is O=C(CN1CCc2c(Oc3ccc(CNc4ccc(C(F)(F)F)cc4)cn3)cccc21)N1CCN(Cc2ccc3c(c2)OCO3)CC1. The van der Waals surface area contributed by atoms with Crippen LogP contribution in [0.25, 0.3) is 0 Å². The molecule has 7 rings (SSSR count). The van der Waals surface area contributed by atoms with Gasteiger partial charge in [-0.15, -0.1) is 0 Å². The molecule has 0 atom stereocenters. The first kappa shape index (κ1) is 30.7. The van der Waals surface area contributed by atoms with Crippen molar-refractivity contribution in [2.24, 2.45) is 0 Å². The number of ether oxygens (including phenoxy) is 3. The first-order chi connectivity index (χ1) is 22.8. The Labute approximate surface area is 270 Å². The van der Waals surface area contributed by atoms with E-state index in [2.05, 4.69) is 26.2 Å². The van der Waals surface area contributed by atoms with Gasteiger partial charge < -0.3 is 29.3 Å². The van der Waals surface area contributed by atoms with Gasteiger partial charge in [-0.25, -0.2) is 4.98 Å². The summed E-state index contributed by atoms with van der Waals surface area (Å²) in [5.41, 5.74) is 3.96. The number of pyridine rings is 1. The molecule has 1 N–H and O–H groups in total. The molecular formula is C35H34F3N5O4. The quantitative estimate of drug-likeness (QED) is 0.240. The molecule has 0 bridgehead atoms. The van der Waals surface area contributed by atoms with Gasteiger partial charge in [0, 0.05) is 75.0 Å². The van der Waals surface area contributed by atoms with E-state index in [-0.39, 0.29) is 12.7 Å². The molecule has 0 radical (unpaired) electrons. The van der Waals surface area contributed by atoms with E-state index in [9.17, 15) is 18.0 Å². The molecular weight excluding hydrogens is 611 g/mol. The average molecular weight is 646 g/mol. The number of alkyl halides is 3. The van der Waals surface area contributed by atoms with Gasteiger partial charge in [0.25, 0.3) is 0 Å². The van der Waals surface area contributed by atoms with Crippen LogP contribution >= 0.6 is 0 Å². The first-order valence-corrected chi connectivity index (χ1v) is 15.6. The topological polar surface area (TPSA) is 79.4 Å². The van der Waals surface area contributed by atoms with E-state index in [0.717, 1.165) is 73.0 Å². The van der Waals surface area contributed by atoms with E-state index in [4.69, 9.17) is 14.2 Å². The number of benzene rings is 3. The number of fused-ring (bicyclic) bond motifs is 2. The molecule has 1 aromatic heterocycles. The maximum Gasteiger partial charge on any atom is 0.416 e. The van der Waals surface area contributed by atoms with E-state index in [1.807, 2.05) is 41.3 Å². The zero-order chi connectivity index (χ0) is 32.4. The van der Waals surface area contributed by atoms with E-state index >= 15 is 0 Å². The summed E-state index contributed by atoms with van der Waals surface area (Å²) < 4.78 is 55.5. The second-order valence-electron chi connectivity index (χ2n) is 11.8. The van der Waals surface area contributed by atoms with Crippen LogP contribution in [0.3, 0.4) is 0 Å². The standard InChI is InChI=1S/C35H34F3N5O4/c36-35(37,38)26-6-8-27(9-7-26)39-19-25-5-11-33(40-20-25)47-30-3-1-2-29-28(30)12-13-43(29)22-34(44)42-16-14-41(15-17-42)21-24-4-10-31-32(18-24)46-23-45-31/h1-11,18,20,39H,12-17,19,21-23H2. The lowest BCUT2D eigenvalue weighted by atomic mass is 10.1. The Morgan fingerprint density at radius 2 is 1.68 bits per heavy atom. The number of aromatic nitrogens is 1. The van der Waals surface area contributed by atoms with E-state index in [0.29, 0.717) is 43.5 Å². The fourth-order valence-electron chi connectivity index (χ4n) is 6.11. The Hall–Kier alpha value is -4.97. The highest BCUT2D eigenvalue weighted by atomic mass is 19.4. The van der Waals surface area contributed by atoms with Crippen LogP contribution in [0.4, 0.5) is 24.5 Å². The highest BCUT2D eigenvalue weighted by Crippen LogP contribution is 2.37. The summed E-state index contributed by atoms with van der Waals surface area (Å²) in [7, 11) is 0. The van der Waals surface area contributed by atoms with E-state index in [1.165, 1.54) is 17.7 Å². The Balaban J connectivity index is 0.899. The van der Waals surface area contributed by atoms with Crippen molar-refractivity contribution in [3.05, 3.63) is 101 Å². The van der Waals surface area contributed by atoms with Crippen molar-refractivity contribution in [3.8, 4) is 23.1 Å². The minimum atomic E-state index is -4.36. The maximum atomic E-state index is 13.3. The Kier molecular flexibility index (Phi) is 8.50. The highest BCUT2D eigenvalue weighted by molar-refractivity contribution is 5.83. The predicted octanol–water partition coefficient (Wildman–Crippen LogP) is 5.94. The largest absolute Gasteiger partial charge is 0.454 e. The van der Waals surface area contributed by atoms with Gasteiger partial charge in [0.05, 0.1) is 12.1 Å². The van der Waals surface area contributed by atoms with Crippen LogP contribution in [0.1, 0.15) is 22.3 Å². The normalized spacial score (nSPS) is 15.9. The molecule has 0 spiro atoms. The summed E-state index contributed by atoms with van der Waals surface area (Å²) in [4.78, 5) is 24.2. The third-order valence-electron chi connectivity index (χ3n) is 8.70. The molecule has 244 valence electrons.